The second-order valence-corrected chi connectivity index (χ2v) is 6.63. The molecule has 2 bridgehead atoms. The Morgan fingerprint density at radius 1 is 1.24 bits per heavy atom. The maximum absolute atomic E-state index is 12.9. The van der Waals surface area contributed by atoms with E-state index < -0.39 is 0 Å². The highest BCUT2D eigenvalue weighted by Crippen LogP contribution is 2.31. The molecule has 132 valence electrons. The van der Waals surface area contributed by atoms with E-state index in [0.717, 1.165) is 43.9 Å². The molecule has 2 aromatic rings. The highest BCUT2D eigenvalue weighted by molar-refractivity contribution is 5.79. The molecule has 0 spiro atoms. The van der Waals surface area contributed by atoms with Crippen LogP contribution in [0.4, 0.5) is 4.39 Å². The van der Waals surface area contributed by atoms with Crippen LogP contribution in [0.1, 0.15) is 31.4 Å². The van der Waals surface area contributed by atoms with Gasteiger partial charge in [0.1, 0.15) is 23.2 Å². The molecule has 0 saturated carbocycles. The molecule has 2 aliphatic rings. The molecule has 4 rings (SSSR count). The van der Waals surface area contributed by atoms with Crippen LogP contribution in [-0.4, -0.2) is 44.3 Å². The van der Waals surface area contributed by atoms with Crippen molar-refractivity contribution in [3.63, 3.8) is 0 Å². The topological polar surface area (TPSA) is 60.2 Å². The number of carbonyl (C=O) groups excluding carboxylic acids is 1. The summed E-state index contributed by atoms with van der Waals surface area (Å²) in [6.45, 7) is 2.80. The van der Waals surface area contributed by atoms with Crippen molar-refractivity contribution in [2.45, 2.75) is 51.2 Å². The highest BCUT2D eigenvalue weighted by atomic mass is 19.1. The number of ether oxygens (including phenoxy) is 1. The maximum Gasteiger partial charge on any atom is 0.261 e. The Labute approximate surface area is 145 Å². The zero-order valence-corrected chi connectivity index (χ0v) is 14.2. The van der Waals surface area contributed by atoms with Crippen molar-refractivity contribution < 1.29 is 13.9 Å². The van der Waals surface area contributed by atoms with E-state index in [0.29, 0.717) is 5.75 Å². The van der Waals surface area contributed by atoms with Gasteiger partial charge in [-0.3, -0.25) is 4.79 Å². The van der Waals surface area contributed by atoms with E-state index in [2.05, 4.69) is 21.7 Å². The largest absolute Gasteiger partial charge is 0.484 e. The number of hydrogen-bond acceptors (Lipinski definition) is 4. The number of amides is 1. The fraction of sp³-hybridized carbons (Fsp3) is 0.500. The summed E-state index contributed by atoms with van der Waals surface area (Å²) in [5.74, 6) is 2.12. The van der Waals surface area contributed by atoms with Gasteiger partial charge in [0.25, 0.3) is 5.91 Å². The first-order valence-electron chi connectivity index (χ1n) is 8.76. The molecule has 0 radical (unpaired) electrons. The van der Waals surface area contributed by atoms with Gasteiger partial charge < -0.3 is 14.2 Å². The Morgan fingerprint density at radius 2 is 2.00 bits per heavy atom. The fourth-order valence-corrected chi connectivity index (χ4v) is 3.92. The van der Waals surface area contributed by atoms with Crippen LogP contribution in [0.5, 0.6) is 5.75 Å². The second kappa shape index (κ2) is 6.46. The zero-order valence-electron chi connectivity index (χ0n) is 14.2. The minimum absolute atomic E-state index is 0.0198. The third-order valence-corrected chi connectivity index (χ3v) is 5.12. The lowest BCUT2D eigenvalue weighted by Gasteiger charge is -2.28. The normalized spacial score (nSPS) is 21.8. The lowest BCUT2D eigenvalue weighted by molar-refractivity contribution is -0.136. The van der Waals surface area contributed by atoms with Gasteiger partial charge in [-0.05, 0) is 37.1 Å². The number of fused-ring (bicyclic) bond motifs is 3. The predicted molar refractivity (Wildman–Crippen MR) is 88.7 cm³/mol. The molecule has 7 heteroatoms. The van der Waals surface area contributed by atoms with Gasteiger partial charge in [-0.15, -0.1) is 10.2 Å². The summed E-state index contributed by atoms with van der Waals surface area (Å²) >= 11 is 0. The Kier molecular flexibility index (Phi) is 4.15. The maximum atomic E-state index is 12.9. The molecular formula is C18H21FN4O2. The van der Waals surface area contributed by atoms with Crippen molar-refractivity contribution in [1.82, 2.24) is 19.7 Å². The Balaban J connectivity index is 1.46. The summed E-state index contributed by atoms with van der Waals surface area (Å²) in [7, 11) is 0. The van der Waals surface area contributed by atoms with Crippen LogP contribution in [0.3, 0.4) is 0 Å². The summed E-state index contributed by atoms with van der Waals surface area (Å²) < 4.78 is 20.7. The standard InChI is InChI=1S/C18H21FN4O2/c1-2-16-20-21-17-9-13-5-6-14(10-22(16)17)23(13)18(24)11-25-15-7-3-12(19)4-8-15/h3-4,7-8,13-14H,2,5-6,9-11H2,1H3. The fourth-order valence-electron chi connectivity index (χ4n) is 3.92. The van der Waals surface area contributed by atoms with Gasteiger partial charge in [0, 0.05) is 25.4 Å². The molecule has 3 heterocycles. The summed E-state index contributed by atoms with van der Waals surface area (Å²) in [6, 6.07) is 6.05. The summed E-state index contributed by atoms with van der Waals surface area (Å²) in [5, 5.41) is 8.57. The number of nitrogens with zero attached hydrogens (tertiary/aromatic N) is 4. The van der Waals surface area contributed by atoms with Gasteiger partial charge in [0.15, 0.2) is 6.61 Å². The van der Waals surface area contributed by atoms with Crippen molar-refractivity contribution in [1.29, 1.82) is 0 Å². The third kappa shape index (κ3) is 2.99. The minimum Gasteiger partial charge on any atom is -0.484 e. The predicted octanol–water partition coefficient (Wildman–Crippen LogP) is 1.97. The smallest absolute Gasteiger partial charge is 0.261 e. The monoisotopic (exact) mass is 344 g/mol. The molecule has 6 nitrogen and oxygen atoms in total. The van der Waals surface area contributed by atoms with E-state index >= 15 is 0 Å². The van der Waals surface area contributed by atoms with Crippen LogP contribution in [-0.2, 0) is 24.2 Å². The van der Waals surface area contributed by atoms with E-state index in [1.54, 1.807) is 0 Å². The van der Waals surface area contributed by atoms with Crippen LogP contribution >= 0.6 is 0 Å². The summed E-state index contributed by atoms with van der Waals surface area (Å²) in [6.07, 6.45) is 3.56. The van der Waals surface area contributed by atoms with Crippen molar-refractivity contribution in [3.05, 3.63) is 41.7 Å². The van der Waals surface area contributed by atoms with Gasteiger partial charge in [-0.1, -0.05) is 6.92 Å². The number of hydrogen-bond donors (Lipinski definition) is 0. The van der Waals surface area contributed by atoms with Gasteiger partial charge in [0.2, 0.25) is 0 Å². The molecule has 2 unspecified atom stereocenters. The number of benzene rings is 1. The first-order valence-corrected chi connectivity index (χ1v) is 8.76. The van der Waals surface area contributed by atoms with E-state index in [-0.39, 0.29) is 30.4 Å². The molecule has 0 aliphatic carbocycles. The van der Waals surface area contributed by atoms with Crippen LogP contribution in [0.25, 0.3) is 0 Å². The van der Waals surface area contributed by atoms with E-state index in [1.807, 2.05) is 4.90 Å². The number of aromatic nitrogens is 3. The highest BCUT2D eigenvalue weighted by Gasteiger charge is 2.40. The first kappa shape index (κ1) is 16.1. The van der Waals surface area contributed by atoms with E-state index in [9.17, 15) is 9.18 Å². The van der Waals surface area contributed by atoms with Gasteiger partial charge in [-0.2, -0.15) is 0 Å². The minimum atomic E-state index is -0.320. The average molecular weight is 344 g/mol. The molecule has 1 amide bonds. The third-order valence-electron chi connectivity index (χ3n) is 5.12. The molecule has 25 heavy (non-hydrogen) atoms. The van der Waals surface area contributed by atoms with Gasteiger partial charge in [0.05, 0.1) is 6.04 Å². The van der Waals surface area contributed by atoms with Crippen molar-refractivity contribution in [2.24, 2.45) is 0 Å². The molecule has 1 fully saturated rings. The Bertz CT molecular complexity index is 774. The first-order chi connectivity index (χ1) is 12.2. The number of carbonyl (C=O) groups is 1. The zero-order chi connectivity index (χ0) is 17.4. The van der Waals surface area contributed by atoms with Crippen molar-refractivity contribution in [2.75, 3.05) is 6.61 Å². The van der Waals surface area contributed by atoms with Crippen LogP contribution in [0.2, 0.25) is 0 Å². The van der Waals surface area contributed by atoms with Crippen LogP contribution < -0.4 is 4.74 Å². The molecular weight excluding hydrogens is 323 g/mol. The van der Waals surface area contributed by atoms with E-state index in [1.165, 1.54) is 24.3 Å². The SMILES string of the molecule is CCc1nnc2n1CC1CCC(C2)N1C(=O)COc1ccc(F)cc1. The van der Waals surface area contributed by atoms with Crippen molar-refractivity contribution in [3.8, 4) is 5.75 Å². The number of aryl methyl sites for hydroxylation is 1. The second-order valence-electron chi connectivity index (χ2n) is 6.63. The molecule has 1 saturated heterocycles. The van der Waals surface area contributed by atoms with Crippen LogP contribution in [0, 0.1) is 5.82 Å². The molecule has 1 aromatic carbocycles. The summed E-state index contributed by atoms with van der Waals surface area (Å²) in [4.78, 5) is 14.7. The molecule has 2 aliphatic heterocycles. The Morgan fingerprint density at radius 3 is 2.76 bits per heavy atom. The lowest BCUT2D eigenvalue weighted by atomic mass is 10.1. The molecule has 0 N–H and O–H groups in total. The summed E-state index contributed by atoms with van der Waals surface area (Å²) in [5.41, 5.74) is 0. The van der Waals surface area contributed by atoms with Crippen molar-refractivity contribution >= 4 is 5.91 Å². The number of rotatable bonds is 4. The van der Waals surface area contributed by atoms with Gasteiger partial charge >= 0.3 is 0 Å². The average Bonchev–Trinajstić information content (AvgIpc) is 3.13. The Hall–Kier alpha value is -2.44. The number of halogens is 1. The quantitative estimate of drug-likeness (QED) is 0.851. The van der Waals surface area contributed by atoms with E-state index in [4.69, 9.17) is 4.74 Å². The lowest BCUT2D eigenvalue weighted by Crippen LogP contribution is -2.44. The molecule has 2 atom stereocenters. The molecule has 1 aromatic heterocycles. The van der Waals surface area contributed by atoms with Gasteiger partial charge in [-0.25, -0.2) is 4.39 Å². The van der Waals surface area contributed by atoms with Crippen LogP contribution in [0.15, 0.2) is 24.3 Å².